The number of hydrogen-bond acceptors (Lipinski definition) is 3. The second-order valence-corrected chi connectivity index (χ2v) is 10.7. The lowest BCUT2D eigenvalue weighted by Gasteiger charge is -2.29. The van der Waals surface area contributed by atoms with E-state index >= 15 is 0 Å². The van der Waals surface area contributed by atoms with E-state index in [1.165, 1.54) is 5.56 Å². The summed E-state index contributed by atoms with van der Waals surface area (Å²) in [7, 11) is -3.98. The molecular weight excluding hydrogens is 456 g/mol. The van der Waals surface area contributed by atoms with Crippen LogP contribution in [0.5, 0.6) is 0 Å². The molecule has 0 fully saturated rings. The van der Waals surface area contributed by atoms with E-state index < -0.39 is 10.0 Å². The summed E-state index contributed by atoms with van der Waals surface area (Å²) >= 11 is 6.30. The Balaban J connectivity index is 1.65. The Bertz CT molecular complexity index is 1270. The molecule has 0 radical (unpaired) electrons. The number of aryl methyl sites for hydroxylation is 3. The molecule has 1 aliphatic rings. The fourth-order valence-corrected chi connectivity index (χ4v) is 5.75. The molecule has 4 rings (SSSR count). The van der Waals surface area contributed by atoms with E-state index in [0.29, 0.717) is 10.7 Å². The zero-order chi connectivity index (χ0) is 23.6. The fraction of sp³-hybridized carbons (Fsp3) is 0.269. The van der Waals surface area contributed by atoms with Gasteiger partial charge < -0.3 is 5.32 Å². The van der Waals surface area contributed by atoms with Crippen LogP contribution in [0.4, 0.5) is 5.69 Å². The van der Waals surface area contributed by atoms with Crippen molar-refractivity contribution >= 4 is 33.2 Å². The molecule has 0 unspecified atom stereocenters. The Labute approximate surface area is 200 Å². The Morgan fingerprint density at radius 2 is 1.79 bits per heavy atom. The van der Waals surface area contributed by atoms with Gasteiger partial charge in [-0.15, -0.1) is 0 Å². The first-order valence-electron chi connectivity index (χ1n) is 11.0. The lowest BCUT2D eigenvalue weighted by atomic mass is 9.88. The van der Waals surface area contributed by atoms with Gasteiger partial charge in [-0.1, -0.05) is 59.6 Å². The number of carbonyl (C=O) groups excluding carboxylic acids is 1. The van der Waals surface area contributed by atoms with Crippen molar-refractivity contribution in [1.82, 2.24) is 5.32 Å². The molecule has 172 valence electrons. The van der Waals surface area contributed by atoms with Gasteiger partial charge in [0.15, 0.2) is 0 Å². The molecule has 0 spiro atoms. The largest absolute Gasteiger partial charge is 0.348 e. The SMILES string of the molecule is Cc1ccc(S(=O)(=O)N(CC(=O)N[C@@H]2CCCc3ccccc32)c2ccc(C)c(Cl)c2)cc1. The maximum Gasteiger partial charge on any atom is 0.264 e. The van der Waals surface area contributed by atoms with E-state index in [0.717, 1.165) is 40.3 Å². The number of nitrogens with one attached hydrogen (secondary N) is 1. The van der Waals surface area contributed by atoms with Gasteiger partial charge >= 0.3 is 0 Å². The molecule has 0 aliphatic heterocycles. The first-order chi connectivity index (χ1) is 15.8. The van der Waals surface area contributed by atoms with Gasteiger partial charge in [0.05, 0.1) is 16.6 Å². The highest BCUT2D eigenvalue weighted by atomic mass is 35.5. The third kappa shape index (κ3) is 5.07. The van der Waals surface area contributed by atoms with Gasteiger partial charge in [0.1, 0.15) is 6.54 Å². The van der Waals surface area contributed by atoms with Crippen molar-refractivity contribution in [3.63, 3.8) is 0 Å². The zero-order valence-corrected chi connectivity index (χ0v) is 20.3. The van der Waals surface area contributed by atoms with Crippen LogP contribution >= 0.6 is 11.6 Å². The highest BCUT2D eigenvalue weighted by Crippen LogP contribution is 2.31. The van der Waals surface area contributed by atoms with Crippen molar-refractivity contribution in [2.24, 2.45) is 0 Å². The Kier molecular flexibility index (Phi) is 6.77. The van der Waals surface area contributed by atoms with Crippen molar-refractivity contribution in [1.29, 1.82) is 0 Å². The van der Waals surface area contributed by atoms with E-state index in [-0.39, 0.29) is 23.4 Å². The summed E-state index contributed by atoms with van der Waals surface area (Å²) in [6.45, 7) is 3.40. The Morgan fingerprint density at radius 1 is 1.06 bits per heavy atom. The van der Waals surface area contributed by atoms with Crippen molar-refractivity contribution in [2.75, 3.05) is 10.8 Å². The lowest BCUT2D eigenvalue weighted by molar-refractivity contribution is -0.120. The van der Waals surface area contributed by atoms with Crippen molar-refractivity contribution in [3.05, 3.63) is 94.0 Å². The minimum atomic E-state index is -3.98. The number of rotatable bonds is 6. The maximum atomic E-state index is 13.6. The molecular formula is C26H27ClN2O3S. The van der Waals surface area contributed by atoms with Crippen LogP contribution in [0.25, 0.3) is 0 Å². The van der Waals surface area contributed by atoms with E-state index in [4.69, 9.17) is 11.6 Å². The number of amides is 1. The summed E-state index contributed by atoms with van der Waals surface area (Å²) in [5.41, 5.74) is 4.46. The number of anilines is 1. The predicted octanol–water partition coefficient (Wildman–Crippen LogP) is 5.35. The number of sulfonamides is 1. The zero-order valence-electron chi connectivity index (χ0n) is 18.7. The standard InChI is InChI=1S/C26H27ClN2O3S/c1-18-10-14-22(15-11-18)33(31,32)29(21-13-12-19(2)24(27)16-21)17-26(30)28-25-9-5-7-20-6-3-4-8-23(20)25/h3-4,6,8,10-16,25H,5,7,9,17H2,1-2H3,(H,28,30)/t25-/m1/s1. The molecule has 0 heterocycles. The smallest absolute Gasteiger partial charge is 0.264 e. The minimum Gasteiger partial charge on any atom is -0.348 e. The van der Waals surface area contributed by atoms with Crippen LogP contribution in [-0.4, -0.2) is 20.9 Å². The quantitative estimate of drug-likeness (QED) is 0.515. The Morgan fingerprint density at radius 3 is 2.52 bits per heavy atom. The topological polar surface area (TPSA) is 66.5 Å². The van der Waals surface area contributed by atoms with Gasteiger partial charge in [-0.3, -0.25) is 9.10 Å². The number of nitrogens with zero attached hydrogens (tertiary/aromatic N) is 1. The number of fused-ring (bicyclic) bond motifs is 1. The van der Waals surface area contributed by atoms with Gasteiger partial charge in [0.25, 0.3) is 10.0 Å². The highest BCUT2D eigenvalue weighted by Gasteiger charge is 2.29. The molecule has 1 N–H and O–H groups in total. The van der Waals surface area contributed by atoms with E-state index in [2.05, 4.69) is 11.4 Å². The molecule has 3 aromatic rings. The second kappa shape index (κ2) is 9.57. The molecule has 1 aliphatic carbocycles. The van der Waals surface area contributed by atoms with Crippen molar-refractivity contribution in [2.45, 2.75) is 44.0 Å². The first-order valence-corrected chi connectivity index (χ1v) is 12.8. The molecule has 5 nitrogen and oxygen atoms in total. The average Bonchev–Trinajstić information content (AvgIpc) is 2.80. The fourth-order valence-electron chi connectivity index (χ4n) is 4.16. The average molecular weight is 483 g/mol. The lowest BCUT2D eigenvalue weighted by Crippen LogP contribution is -2.42. The van der Waals surface area contributed by atoms with Crippen LogP contribution in [0, 0.1) is 13.8 Å². The van der Waals surface area contributed by atoms with Gasteiger partial charge in [-0.25, -0.2) is 8.42 Å². The normalized spacial score (nSPS) is 15.5. The molecule has 0 bridgehead atoms. The van der Waals surface area contributed by atoms with Crippen LogP contribution in [-0.2, 0) is 21.2 Å². The summed E-state index contributed by atoms with van der Waals surface area (Å²) in [4.78, 5) is 13.3. The molecule has 0 saturated carbocycles. The monoisotopic (exact) mass is 482 g/mol. The molecule has 1 amide bonds. The molecule has 0 aromatic heterocycles. The minimum absolute atomic E-state index is 0.126. The number of halogens is 1. The highest BCUT2D eigenvalue weighted by molar-refractivity contribution is 7.92. The van der Waals surface area contributed by atoms with Crippen LogP contribution in [0.2, 0.25) is 5.02 Å². The number of hydrogen-bond donors (Lipinski definition) is 1. The number of carbonyl (C=O) groups is 1. The molecule has 3 aromatic carbocycles. The van der Waals surface area contributed by atoms with Gasteiger partial charge in [-0.2, -0.15) is 0 Å². The molecule has 1 atom stereocenters. The maximum absolute atomic E-state index is 13.6. The van der Waals surface area contributed by atoms with Crippen molar-refractivity contribution < 1.29 is 13.2 Å². The summed E-state index contributed by atoms with van der Waals surface area (Å²) in [5, 5.41) is 3.50. The van der Waals surface area contributed by atoms with Crippen LogP contribution < -0.4 is 9.62 Å². The second-order valence-electron chi connectivity index (χ2n) is 8.47. The van der Waals surface area contributed by atoms with Crippen LogP contribution in [0.3, 0.4) is 0 Å². The van der Waals surface area contributed by atoms with Gasteiger partial charge in [0, 0.05) is 5.02 Å². The first kappa shape index (κ1) is 23.3. The van der Waals surface area contributed by atoms with E-state index in [1.54, 1.807) is 42.5 Å². The van der Waals surface area contributed by atoms with Crippen LogP contribution in [0.15, 0.2) is 71.6 Å². The van der Waals surface area contributed by atoms with Crippen molar-refractivity contribution in [3.8, 4) is 0 Å². The Hall–Kier alpha value is -2.83. The van der Waals surface area contributed by atoms with E-state index in [1.807, 2.05) is 32.0 Å². The van der Waals surface area contributed by atoms with Crippen LogP contribution in [0.1, 0.15) is 41.1 Å². The summed E-state index contributed by atoms with van der Waals surface area (Å²) in [5.74, 6) is -0.357. The van der Waals surface area contributed by atoms with Gasteiger partial charge in [0.2, 0.25) is 5.91 Å². The number of benzene rings is 3. The van der Waals surface area contributed by atoms with Gasteiger partial charge in [-0.05, 0) is 74.1 Å². The van der Waals surface area contributed by atoms with E-state index in [9.17, 15) is 13.2 Å². The third-order valence-electron chi connectivity index (χ3n) is 6.04. The summed E-state index contributed by atoms with van der Waals surface area (Å²) < 4.78 is 28.3. The molecule has 33 heavy (non-hydrogen) atoms. The molecule has 7 heteroatoms. The third-order valence-corrected chi connectivity index (χ3v) is 8.24. The summed E-state index contributed by atoms with van der Waals surface area (Å²) in [6.07, 6.45) is 2.78. The molecule has 0 saturated heterocycles. The summed E-state index contributed by atoms with van der Waals surface area (Å²) in [6, 6.07) is 19.6. The predicted molar refractivity (Wildman–Crippen MR) is 132 cm³/mol.